The lowest BCUT2D eigenvalue weighted by Gasteiger charge is -2.40. The molecule has 1 unspecified atom stereocenters. The van der Waals surface area contributed by atoms with Crippen molar-refractivity contribution in [2.24, 2.45) is 0 Å². The van der Waals surface area contributed by atoms with Crippen LogP contribution in [0.4, 0.5) is 0 Å². The van der Waals surface area contributed by atoms with Gasteiger partial charge in [0.25, 0.3) is 5.97 Å². The van der Waals surface area contributed by atoms with Gasteiger partial charge in [0, 0.05) is 0 Å². The highest BCUT2D eigenvalue weighted by Gasteiger charge is 2.43. The van der Waals surface area contributed by atoms with Crippen LogP contribution >= 0.6 is 0 Å². The number of hydrogen-bond acceptors (Lipinski definition) is 3. The van der Waals surface area contributed by atoms with E-state index in [4.69, 9.17) is 14.2 Å². The fourth-order valence-corrected chi connectivity index (χ4v) is 3.63. The Balaban J connectivity index is 3.08. The summed E-state index contributed by atoms with van der Waals surface area (Å²) in [6.45, 7) is 12.7. The first-order valence-corrected chi connectivity index (χ1v) is 12.1. The Bertz CT molecular complexity index is 475. The van der Waals surface area contributed by atoms with Gasteiger partial charge < -0.3 is 14.2 Å². The molecule has 1 atom stereocenters. The van der Waals surface area contributed by atoms with E-state index in [0.29, 0.717) is 19.8 Å². The van der Waals surface area contributed by atoms with Gasteiger partial charge in [-0.3, -0.25) is 0 Å². The van der Waals surface area contributed by atoms with Crippen molar-refractivity contribution in [1.82, 2.24) is 0 Å². The van der Waals surface area contributed by atoms with Gasteiger partial charge in [-0.25, -0.2) is 0 Å². The lowest BCUT2D eigenvalue weighted by atomic mass is 9.89. The molecule has 0 bridgehead atoms. The van der Waals surface area contributed by atoms with Crippen molar-refractivity contribution in [2.45, 2.75) is 111 Å². The minimum Gasteiger partial charge on any atom is -0.327 e. The lowest BCUT2D eigenvalue weighted by Crippen LogP contribution is -2.46. The molecule has 29 heavy (non-hydrogen) atoms. The molecule has 0 radical (unpaired) electrons. The van der Waals surface area contributed by atoms with Gasteiger partial charge in [-0.05, 0) is 38.2 Å². The summed E-state index contributed by atoms with van der Waals surface area (Å²) in [5.74, 6) is -0.903. The second kappa shape index (κ2) is 15.9. The summed E-state index contributed by atoms with van der Waals surface area (Å²) in [6.07, 6.45) is 11.6. The van der Waals surface area contributed by atoms with E-state index < -0.39 is 5.97 Å². The van der Waals surface area contributed by atoms with Gasteiger partial charge in [-0.2, -0.15) is 0 Å². The molecule has 0 saturated heterocycles. The summed E-state index contributed by atoms with van der Waals surface area (Å²) in [6, 6.07) is 8.83. The van der Waals surface area contributed by atoms with Gasteiger partial charge in [0.15, 0.2) is 0 Å². The Hall–Kier alpha value is -0.900. The number of ether oxygens (including phenoxy) is 3. The van der Waals surface area contributed by atoms with Crippen LogP contribution in [-0.4, -0.2) is 25.8 Å². The first kappa shape index (κ1) is 26.1. The normalized spacial score (nSPS) is 13.0. The standard InChI is InChI=1S/C26H46O3/c1-6-10-11-12-13-14-15-25(24-18-16-23(5)17-19-24)26(27-20-7-2,28-21-8-3)29-22-9-4/h16-19,25H,6-15,20-22H2,1-5H3. The highest BCUT2D eigenvalue weighted by atomic mass is 16.9. The number of aryl methyl sites for hydroxylation is 1. The van der Waals surface area contributed by atoms with Crippen LogP contribution in [0.2, 0.25) is 0 Å². The summed E-state index contributed by atoms with van der Waals surface area (Å²) >= 11 is 0. The maximum absolute atomic E-state index is 6.38. The molecule has 168 valence electrons. The van der Waals surface area contributed by atoms with Crippen LogP contribution in [0.15, 0.2) is 24.3 Å². The Morgan fingerprint density at radius 2 is 1.14 bits per heavy atom. The van der Waals surface area contributed by atoms with Crippen molar-refractivity contribution in [3.05, 3.63) is 35.4 Å². The van der Waals surface area contributed by atoms with Crippen LogP contribution in [0, 0.1) is 6.92 Å². The van der Waals surface area contributed by atoms with E-state index in [2.05, 4.69) is 58.9 Å². The van der Waals surface area contributed by atoms with E-state index in [1.54, 1.807) is 0 Å². The zero-order valence-corrected chi connectivity index (χ0v) is 19.8. The number of hydrogen-bond donors (Lipinski definition) is 0. The van der Waals surface area contributed by atoms with Gasteiger partial charge >= 0.3 is 0 Å². The van der Waals surface area contributed by atoms with Crippen molar-refractivity contribution in [3.63, 3.8) is 0 Å². The molecule has 0 aliphatic carbocycles. The van der Waals surface area contributed by atoms with Crippen LogP contribution < -0.4 is 0 Å². The minimum absolute atomic E-state index is 0.0823. The van der Waals surface area contributed by atoms with Crippen LogP contribution in [0.3, 0.4) is 0 Å². The molecule has 0 N–H and O–H groups in total. The van der Waals surface area contributed by atoms with Crippen molar-refractivity contribution in [3.8, 4) is 0 Å². The summed E-state index contributed by atoms with van der Waals surface area (Å²) in [7, 11) is 0. The van der Waals surface area contributed by atoms with E-state index in [-0.39, 0.29) is 5.92 Å². The molecule has 0 amide bonds. The predicted octanol–water partition coefficient (Wildman–Crippen LogP) is 7.76. The molecule has 1 rings (SSSR count). The molecule has 0 saturated carbocycles. The Labute approximate surface area is 180 Å². The van der Waals surface area contributed by atoms with Crippen LogP contribution in [0.1, 0.15) is 109 Å². The van der Waals surface area contributed by atoms with Gasteiger partial charge in [0.05, 0.1) is 25.7 Å². The number of rotatable bonds is 18. The van der Waals surface area contributed by atoms with Crippen molar-refractivity contribution < 1.29 is 14.2 Å². The average Bonchev–Trinajstić information content (AvgIpc) is 2.74. The van der Waals surface area contributed by atoms with Gasteiger partial charge in [-0.1, -0.05) is 96.0 Å². The van der Waals surface area contributed by atoms with Gasteiger partial charge in [0.1, 0.15) is 0 Å². The van der Waals surface area contributed by atoms with E-state index in [1.165, 1.54) is 49.7 Å². The monoisotopic (exact) mass is 406 g/mol. The summed E-state index contributed by atoms with van der Waals surface area (Å²) in [5, 5.41) is 0. The quantitative estimate of drug-likeness (QED) is 0.184. The van der Waals surface area contributed by atoms with Gasteiger partial charge in [0.2, 0.25) is 0 Å². The summed E-state index contributed by atoms with van der Waals surface area (Å²) < 4.78 is 19.1. The third kappa shape index (κ3) is 9.63. The third-order valence-corrected chi connectivity index (χ3v) is 5.27. The maximum Gasteiger partial charge on any atom is 0.290 e. The fourth-order valence-electron chi connectivity index (χ4n) is 3.63. The van der Waals surface area contributed by atoms with Crippen molar-refractivity contribution >= 4 is 0 Å². The molecule has 0 spiro atoms. The second-order valence-electron chi connectivity index (χ2n) is 8.17. The number of benzene rings is 1. The zero-order valence-electron chi connectivity index (χ0n) is 19.8. The zero-order chi connectivity index (χ0) is 21.4. The number of unbranched alkanes of at least 4 members (excludes halogenated alkanes) is 5. The molecule has 0 aromatic heterocycles. The molecule has 0 heterocycles. The molecule has 0 aliphatic rings. The summed E-state index contributed by atoms with van der Waals surface area (Å²) in [4.78, 5) is 0. The Morgan fingerprint density at radius 1 is 0.655 bits per heavy atom. The molecular weight excluding hydrogens is 360 g/mol. The van der Waals surface area contributed by atoms with Crippen LogP contribution in [0.25, 0.3) is 0 Å². The van der Waals surface area contributed by atoms with Crippen LogP contribution in [0.5, 0.6) is 0 Å². The fraction of sp³-hybridized carbons (Fsp3) is 0.769. The molecule has 1 aromatic carbocycles. The smallest absolute Gasteiger partial charge is 0.290 e. The van der Waals surface area contributed by atoms with Crippen LogP contribution in [-0.2, 0) is 14.2 Å². The topological polar surface area (TPSA) is 27.7 Å². The van der Waals surface area contributed by atoms with E-state index >= 15 is 0 Å². The third-order valence-electron chi connectivity index (χ3n) is 5.27. The SMILES string of the molecule is CCCCCCCCC(c1ccc(C)cc1)C(OCCC)(OCCC)OCCC. The molecule has 0 aliphatic heterocycles. The Kier molecular flexibility index (Phi) is 14.3. The largest absolute Gasteiger partial charge is 0.327 e. The molecule has 0 fully saturated rings. The predicted molar refractivity (Wildman–Crippen MR) is 123 cm³/mol. The first-order valence-electron chi connectivity index (χ1n) is 12.1. The second-order valence-corrected chi connectivity index (χ2v) is 8.17. The molecular formula is C26H46O3. The molecule has 3 heteroatoms. The Morgan fingerprint density at radius 3 is 1.62 bits per heavy atom. The highest BCUT2D eigenvalue weighted by Crippen LogP contribution is 2.39. The van der Waals surface area contributed by atoms with E-state index in [1.807, 2.05) is 0 Å². The maximum atomic E-state index is 6.38. The lowest BCUT2D eigenvalue weighted by molar-refractivity contribution is -0.392. The average molecular weight is 407 g/mol. The summed E-state index contributed by atoms with van der Waals surface area (Å²) in [5.41, 5.74) is 2.53. The minimum atomic E-state index is -0.985. The van der Waals surface area contributed by atoms with Crippen molar-refractivity contribution in [2.75, 3.05) is 19.8 Å². The molecule has 3 nitrogen and oxygen atoms in total. The van der Waals surface area contributed by atoms with Gasteiger partial charge in [-0.15, -0.1) is 0 Å². The van der Waals surface area contributed by atoms with E-state index in [0.717, 1.165) is 25.7 Å². The highest BCUT2D eigenvalue weighted by molar-refractivity contribution is 5.25. The molecule has 1 aromatic rings. The van der Waals surface area contributed by atoms with Crippen molar-refractivity contribution in [1.29, 1.82) is 0 Å². The van der Waals surface area contributed by atoms with E-state index in [9.17, 15) is 0 Å². The first-order chi connectivity index (χ1) is 14.1.